The van der Waals surface area contributed by atoms with Gasteiger partial charge < -0.3 is 15.3 Å². The van der Waals surface area contributed by atoms with Crippen LogP contribution in [0.1, 0.15) is 99.3 Å². The quantitative estimate of drug-likeness (QED) is 0.484. The zero-order chi connectivity index (χ0) is 24.9. The first-order valence-electron chi connectivity index (χ1n) is 14.0. The molecule has 0 spiro atoms. The maximum atomic E-state index is 13.6. The summed E-state index contributed by atoms with van der Waals surface area (Å²) >= 11 is 0. The van der Waals surface area contributed by atoms with Crippen molar-refractivity contribution in [1.82, 2.24) is 0 Å². The Morgan fingerprint density at radius 1 is 0.824 bits per heavy atom. The van der Waals surface area contributed by atoms with Crippen LogP contribution >= 0.6 is 0 Å². The van der Waals surface area contributed by atoms with Crippen LogP contribution < -0.4 is 0 Å². The van der Waals surface area contributed by atoms with Gasteiger partial charge in [-0.2, -0.15) is 0 Å². The molecule has 0 bridgehead atoms. The topological polar surface area (TPSA) is 77.8 Å². The molecule has 0 aromatic heterocycles. The Bertz CT molecular complexity index is 892. The predicted octanol–water partition coefficient (Wildman–Crippen LogP) is 5.29. The van der Waals surface area contributed by atoms with E-state index in [9.17, 15) is 20.1 Å². The molecule has 0 aliphatic heterocycles. The lowest BCUT2D eigenvalue weighted by Gasteiger charge is -2.64. The van der Waals surface area contributed by atoms with E-state index in [0.29, 0.717) is 17.8 Å². The fourth-order valence-electron chi connectivity index (χ4n) is 10.9. The molecule has 0 heterocycles. The van der Waals surface area contributed by atoms with Crippen LogP contribution in [0.15, 0.2) is 11.6 Å². The van der Waals surface area contributed by atoms with Crippen LogP contribution in [0.3, 0.4) is 0 Å². The number of ketones is 1. The minimum Gasteiger partial charge on any atom is -0.396 e. The lowest BCUT2D eigenvalue weighted by Crippen LogP contribution is -2.60. The van der Waals surface area contributed by atoms with Gasteiger partial charge in [-0.3, -0.25) is 4.79 Å². The average molecular weight is 473 g/mol. The van der Waals surface area contributed by atoms with E-state index in [1.54, 1.807) is 0 Å². The van der Waals surface area contributed by atoms with E-state index >= 15 is 0 Å². The van der Waals surface area contributed by atoms with E-state index in [4.69, 9.17) is 0 Å². The number of rotatable bonds is 1. The first kappa shape index (κ1) is 25.0. The Kier molecular flexibility index (Phi) is 5.62. The fourth-order valence-corrected chi connectivity index (χ4v) is 10.9. The van der Waals surface area contributed by atoms with Crippen LogP contribution in [0.25, 0.3) is 0 Å². The lowest BCUT2D eigenvalue weighted by molar-refractivity contribution is -0.189. The molecule has 0 unspecified atom stereocenters. The molecule has 10 atom stereocenters. The Morgan fingerprint density at radius 2 is 1.47 bits per heavy atom. The molecule has 4 nitrogen and oxygen atoms in total. The van der Waals surface area contributed by atoms with Gasteiger partial charge >= 0.3 is 0 Å². The minimum atomic E-state index is -0.427. The Balaban J connectivity index is 1.54. The molecule has 192 valence electrons. The van der Waals surface area contributed by atoms with Crippen LogP contribution in [0, 0.1) is 50.7 Å². The minimum absolute atomic E-state index is 0.0529. The second kappa shape index (κ2) is 7.65. The monoisotopic (exact) mass is 472 g/mol. The summed E-state index contributed by atoms with van der Waals surface area (Å²) in [6.45, 7) is 13.6. The largest absolute Gasteiger partial charge is 0.396 e. The van der Waals surface area contributed by atoms with Crippen molar-refractivity contribution in [3.8, 4) is 0 Å². The zero-order valence-electron chi connectivity index (χ0n) is 22.4. The van der Waals surface area contributed by atoms with Crippen LogP contribution in [0.2, 0.25) is 0 Å². The fraction of sp³-hybridized carbons (Fsp3) is 0.900. The van der Waals surface area contributed by atoms with Gasteiger partial charge in [0.15, 0.2) is 5.78 Å². The Morgan fingerprint density at radius 3 is 2.15 bits per heavy atom. The van der Waals surface area contributed by atoms with Crippen LogP contribution in [-0.2, 0) is 4.79 Å². The van der Waals surface area contributed by atoms with Crippen LogP contribution in [0.4, 0.5) is 0 Å². The third-order valence-electron chi connectivity index (χ3n) is 12.7. The number of carbonyl (C=O) groups is 1. The molecule has 34 heavy (non-hydrogen) atoms. The van der Waals surface area contributed by atoms with Gasteiger partial charge in [0.05, 0.1) is 18.8 Å². The molecule has 5 rings (SSSR count). The van der Waals surface area contributed by atoms with Crippen molar-refractivity contribution in [3.05, 3.63) is 11.6 Å². The SMILES string of the molecule is CC1(C)[C@H](O)CC[C@]2(C)[C@H]3CC[C@H]4[C@@](C)(CC[C@@H]5[C@]4(C)CC[C@H](O)[C@]5(C)CO)CC3=CC(=O)[C@@H]12. The van der Waals surface area contributed by atoms with Crippen molar-refractivity contribution in [2.45, 2.75) is 112 Å². The summed E-state index contributed by atoms with van der Waals surface area (Å²) in [4.78, 5) is 13.6. The van der Waals surface area contributed by atoms with E-state index in [1.165, 1.54) is 5.57 Å². The van der Waals surface area contributed by atoms with Crippen molar-refractivity contribution in [3.63, 3.8) is 0 Å². The third kappa shape index (κ3) is 3.10. The first-order chi connectivity index (χ1) is 15.7. The molecule has 0 amide bonds. The maximum Gasteiger partial charge on any atom is 0.159 e. The standard InChI is InChI=1S/C30H48O4/c1-26(2)23(33)10-13-28(4)19-7-8-21-27(3,16-18(19)15-20(32)25(26)28)12-9-22-29(21,5)14-11-24(34)30(22,6)17-31/h15,19,21-25,31,33-34H,7-14,16-17H2,1-6H3/t19-,21-,22+,23+,24-,25-,27-,28+,29+,30+/m0/s1. The summed E-state index contributed by atoms with van der Waals surface area (Å²) in [5, 5.41) is 32.1. The second-order valence-electron chi connectivity index (χ2n) is 14.8. The molecule has 4 saturated carbocycles. The number of fused-ring (bicyclic) bond motifs is 6. The zero-order valence-corrected chi connectivity index (χ0v) is 22.4. The highest BCUT2D eigenvalue weighted by Crippen LogP contribution is 2.70. The summed E-state index contributed by atoms with van der Waals surface area (Å²) in [5.41, 5.74) is 0.722. The van der Waals surface area contributed by atoms with Crippen molar-refractivity contribution in [2.75, 3.05) is 6.61 Å². The van der Waals surface area contributed by atoms with Gasteiger partial charge in [-0.1, -0.05) is 47.1 Å². The molecule has 0 aromatic carbocycles. The molecule has 5 aliphatic carbocycles. The summed E-state index contributed by atoms with van der Waals surface area (Å²) in [5.74, 6) is 1.40. The van der Waals surface area contributed by atoms with Gasteiger partial charge in [0.2, 0.25) is 0 Å². The summed E-state index contributed by atoms with van der Waals surface area (Å²) in [6.07, 6.45) is 10.1. The van der Waals surface area contributed by atoms with Crippen LogP contribution in [0.5, 0.6) is 0 Å². The number of aliphatic hydroxyl groups excluding tert-OH is 3. The summed E-state index contributed by atoms with van der Waals surface area (Å²) < 4.78 is 0. The molecular formula is C30H48O4. The smallest absolute Gasteiger partial charge is 0.159 e. The lowest BCUT2D eigenvalue weighted by atomic mass is 9.42. The number of hydrogen-bond acceptors (Lipinski definition) is 4. The van der Waals surface area contributed by atoms with Crippen molar-refractivity contribution in [2.24, 2.45) is 50.7 Å². The van der Waals surface area contributed by atoms with Gasteiger partial charge in [0.1, 0.15) is 0 Å². The van der Waals surface area contributed by atoms with Crippen molar-refractivity contribution >= 4 is 5.78 Å². The number of hydrogen-bond donors (Lipinski definition) is 3. The van der Waals surface area contributed by atoms with E-state index in [2.05, 4.69) is 41.5 Å². The molecule has 0 saturated heterocycles. The van der Waals surface area contributed by atoms with Gasteiger partial charge in [0.25, 0.3) is 0 Å². The predicted molar refractivity (Wildman–Crippen MR) is 134 cm³/mol. The highest BCUT2D eigenvalue weighted by atomic mass is 16.3. The van der Waals surface area contributed by atoms with E-state index < -0.39 is 23.0 Å². The highest BCUT2D eigenvalue weighted by molar-refractivity contribution is 5.95. The molecule has 5 aliphatic rings. The summed E-state index contributed by atoms with van der Waals surface area (Å²) in [7, 11) is 0. The molecular weight excluding hydrogens is 424 g/mol. The van der Waals surface area contributed by atoms with Crippen LogP contribution in [-0.4, -0.2) is 39.9 Å². The second-order valence-corrected chi connectivity index (χ2v) is 14.8. The van der Waals surface area contributed by atoms with E-state index in [-0.39, 0.29) is 34.6 Å². The van der Waals surface area contributed by atoms with Gasteiger partial charge in [-0.25, -0.2) is 0 Å². The van der Waals surface area contributed by atoms with Gasteiger partial charge in [0, 0.05) is 16.7 Å². The summed E-state index contributed by atoms with van der Waals surface area (Å²) in [6, 6.07) is 0. The molecule has 0 aromatic rings. The Labute approximate surface area is 206 Å². The third-order valence-corrected chi connectivity index (χ3v) is 12.7. The Hall–Kier alpha value is -0.710. The normalized spacial score (nSPS) is 54.6. The number of carbonyl (C=O) groups excluding carboxylic acids is 1. The maximum absolute atomic E-state index is 13.6. The average Bonchev–Trinajstić information content (AvgIpc) is 2.90. The number of allylic oxidation sites excluding steroid dienone is 2. The molecule has 4 fully saturated rings. The molecule has 4 heteroatoms. The van der Waals surface area contributed by atoms with Crippen molar-refractivity contribution in [1.29, 1.82) is 0 Å². The molecule has 0 radical (unpaired) electrons. The highest BCUT2D eigenvalue weighted by Gasteiger charge is 2.64. The van der Waals surface area contributed by atoms with E-state index in [1.807, 2.05) is 6.08 Å². The first-order valence-corrected chi connectivity index (χ1v) is 14.0. The van der Waals surface area contributed by atoms with Gasteiger partial charge in [-0.15, -0.1) is 0 Å². The van der Waals surface area contributed by atoms with E-state index in [0.717, 1.165) is 57.8 Å². The van der Waals surface area contributed by atoms with Crippen molar-refractivity contribution < 1.29 is 20.1 Å². The molecule has 3 N–H and O–H groups in total. The van der Waals surface area contributed by atoms with Gasteiger partial charge in [-0.05, 0) is 97.9 Å². The number of aliphatic hydroxyl groups is 3.